The van der Waals surface area contributed by atoms with Crippen LogP contribution in [0.15, 0.2) is 16.6 Å². The molecule has 2 aliphatic rings. The van der Waals surface area contributed by atoms with Crippen LogP contribution < -0.4 is 10.2 Å². The number of benzene rings is 1. The minimum absolute atomic E-state index is 0.356. The maximum Gasteiger partial charge on any atom is 0.150 e. The zero-order chi connectivity index (χ0) is 14.3. The van der Waals surface area contributed by atoms with Crippen LogP contribution in [0.4, 0.5) is 14.5 Å². The lowest BCUT2D eigenvalue weighted by atomic mass is 9.96. The molecule has 0 amide bonds. The molecular weight excluding hydrogens is 326 g/mol. The fourth-order valence-corrected chi connectivity index (χ4v) is 4.39. The second-order valence-electron chi connectivity index (χ2n) is 5.74. The first-order valence-corrected chi connectivity index (χ1v) is 8.05. The van der Waals surface area contributed by atoms with Crippen molar-refractivity contribution in [2.45, 2.75) is 50.7 Å². The highest BCUT2D eigenvalue weighted by atomic mass is 79.9. The Morgan fingerprint density at radius 2 is 1.90 bits per heavy atom. The first kappa shape index (κ1) is 14.3. The summed E-state index contributed by atoms with van der Waals surface area (Å²) in [4.78, 5) is 2.17. The van der Waals surface area contributed by atoms with Gasteiger partial charge in [0.1, 0.15) is 5.82 Å². The Balaban J connectivity index is 1.89. The molecule has 1 aromatic rings. The number of nitrogens with zero attached hydrogens (tertiary/aromatic N) is 1. The molecule has 1 aromatic carbocycles. The average Bonchev–Trinajstić information content (AvgIpc) is 2.62. The number of rotatable bonds is 3. The van der Waals surface area contributed by atoms with Crippen LogP contribution in [0.25, 0.3) is 0 Å². The summed E-state index contributed by atoms with van der Waals surface area (Å²) in [7, 11) is 0. The standard InChI is InChI=1S/C15H19BrF2N2/c1-2-19-10-7-11-3-4-12(8-10)20(11)15-13(16)5-9(17)6-14(15)18/h5-6,10-12,19H,2-4,7-8H2,1H3. The lowest BCUT2D eigenvalue weighted by Gasteiger charge is -2.41. The summed E-state index contributed by atoms with van der Waals surface area (Å²) >= 11 is 3.32. The summed E-state index contributed by atoms with van der Waals surface area (Å²) < 4.78 is 28.0. The summed E-state index contributed by atoms with van der Waals surface area (Å²) in [5.41, 5.74) is 0.536. The molecule has 2 saturated heterocycles. The molecule has 2 aliphatic heterocycles. The smallest absolute Gasteiger partial charge is 0.150 e. The molecule has 2 fully saturated rings. The second-order valence-corrected chi connectivity index (χ2v) is 6.59. The Hall–Kier alpha value is -0.680. The molecule has 0 aliphatic carbocycles. The topological polar surface area (TPSA) is 15.3 Å². The molecular formula is C15H19BrF2N2. The second kappa shape index (κ2) is 5.60. The summed E-state index contributed by atoms with van der Waals surface area (Å²) in [6.07, 6.45) is 4.26. The zero-order valence-corrected chi connectivity index (χ0v) is 13.1. The predicted octanol–water partition coefficient (Wildman–Crippen LogP) is 3.84. The number of anilines is 1. The van der Waals surface area contributed by atoms with Gasteiger partial charge in [0.15, 0.2) is 5.82 Å². The first-order valence-electron chi connectivity index (χ1n) is 7.26. The third-order valence-electron chi connectivity index (χ3n) is 4.47. The maximum atomic E-state index is 14.2. The molecule has 2 bridgehead atoms. The fraction of sp³-hybridized carbons (Fsp3) is 0.600. The van der Waals surface area contributed by atoms with Crippen molar-refractivity contribution in [1.29, 1.82) is 0 Å². The summed E-state index contributed by atoms with van der Waals surface area (Å²) in [6.45, 7) is 3.09. The van der Waals surface area contributed by atoms with E-state index < -0.39 is 11.6 Å². The van der Waals surface area contributed by atoms with E-state index >= 15 is 0 Å². The lowest BCUT2D eigenvalue weighted by molar-refractivity contribution is 0.358. The maximum absolute atomic E-state index is 14.2. The molecule has 2 nitrogen and oxygen atoms in total. The summed E-state index contributed by atoms with van der Waals surface area (Å²) in [5.74, 6) is -0.997. The van der Waals surface area contributed by atoms with Crippen LogP contribution in [0.2, 0.25) is 0 Å². The van der Waals surface area contributed by atoms with Gasteiger partial charge in [-0.3, -0.25) is 0 Å². The average molecular weight is 345 g/mol. The van der Waals surface area contributed by atoms with E-state index in [0.717, 1.165) is 38.3 Å². The number of fused-ring (bicyclic) bond motifs is 2. The molecule has 1 N–H and O–H groups in total. The summed E-state index contributed by atoms with van der Waals surface area (Å²) in [5, 5.41) is 3.50. The molecule has 2 heterocycles. The Morgan fingerprint density at radius 3 is 2.45 bits per heavy atom. The van der Waals surface area contributed by atoms with Gasteiger partial charge in [0.2, 0.25) is 0 Å². The van der Waals surface area contributed by atoms with E-state index in [2.05, 4.69) is 33.1 Å². The predicted molar refractivity (Wildman–Crippen MR) is 80.0 cm³/mol. The van der Waals surface area contributed by atoms with Gasteiger partial charge >= 0.3 is 0 Å². The van der Waals surface area contributed by atoms with E-state index in [1.165, 1.54) is 6.07 Å². The minimum Gasteiger partial charge on any atom is -0.362 e. The van der Waals surface area contributed by atoms with Gasteiger partial charge in [-0.05, 0) is 54.2 Å². The number of hydrogen-bond acceptors (Lipinski definition) is 2. The van der Waals surface area contributed by atoms with Crippen LogP contribution in [0.3, 0.4) is 0 Å². The Labute approximate surface area is 126 Å². The Kier molecular flexibility index (Phi) is 4.00. The molecule has 2 atom stereocenters. The van der Waals surface area contributed by atoms with Gasteiger partial charge in [-0.1, -0.05) is 6.92 Å². The quantitative estimate of drug-likeness (QED) is 0.896. The van der Waals surface area contributed by atoms with Crippen molar-refractivity contribution in [3.8, 4) is 0 Å². The molecule has 20 heavy (non-hydrogen) atoms. The van der Waals surface area contributed by atoms with Crippen LogP contribution in [-0.2, 0) is 0 Å². The minimum atomic E-state index is -0.534. The highest BCUT2D eigenvalue weighted by Gasteiger charge is 2.42. The van der Waals surface area contributed by atoms with Crippen molar-refractivity contribution >= 4 is 21.6 Å². The largest absolute Gasteiger partial charge is 0.362 e. The lowest BCUT2D eigenvalue weighted by Crippen LogP contribution is -2.49. The Bertz CT molecular complexity index is 472. The van der Waals surface area contributed by atoms with Crippen LogP contribution in [0, 0.1) is 11.6 Å². The number of halogens is 3. The van der Waals surface area contributed by atoms with Gasteiger partial charge in [0.25, 0.3) is 0 Å². The van der Waals surface area contributed by atoms with Gasteiger partial charge in [-0.2, -0.15) is 0 Å². The third kappa shape index (κ3) is 2.46. The van der Waals surface area contributed by atoms with Crippen molar-refractivity contribution in [3.05, 3.63) is 28.2 Å². The van der Waals surface area contributed by atoms with E-state index in [4.69, 9.17) is 0 Å². The number of nitrogens with one attached hydrogen (secondary N) is 1. The van der Waals surface area contributed by atoms with E-state index in [1.54, 1.807) is 0 Å². The highest BCUT2D eigenvalue weighted by molar-refractivity contribution is 9.10. The molecule has 3 rings (SSSR count). The van der Waals surface area contributed by atoms with E-state index in [1.807, 2.05) is 0 Å². The van der Waals surface area contributed by atoms with Crippen molar-refractivity contribution in [1.82, 2.24) is 5.32 Å². The fourth-order valence-electron chi connectivity index (χ4n) is 3.78. The first-order chi connectivity index (χ1) is 9.60. The molecule has 110 valence electrons. The van der Waals surface area contributed by atoms with Crippen molar-refractivity contribution in [3.63, 3.8) is 0 Å². The van der Waals surface area contributed by atoms with Gasteiger partial charge < -0.3 is 10.2 Å². The monoisotopic (exact) mass is 344 g/mol. The SMILES string of the molecule is CCNC1CC2CCC(C1)N2c1c(F)cc(F)cc1Br. The van der Waals surface area contributed by atoms with Gasteiger partial charge in [-0.25, -0.2) is 8.78 Å². The molecule has 0 spiro atoms. The molecule has 0 aromatic heterocycles. The van der Waals surface area contributed by atoms with Crippen LogP contribution >= 0.6 is 15.9 Å². The summed E-state index contributed by atoms with van der Waals surface area (Å²) in [6, 6.07) is 3.57. The number of hydrogen-bond donors (Lipinski definition) is 1. The van der Waals surface area contributed by atoms with Gasteiger partial charge in [-0.15, -0.1) is 0 Å². The highest BCUT2D eigenvalue weighted by Crippen LogP contribution is 2.43. The van der Waals surface area contributed by atoms with Crippen LogP contribution in [0.1, 0.15) is 32.6 Å². The van der Waals surface area contributed by atoms with Gasteiger partial charge in [0, 0.05) is 28.7 Å². The molecule has 0 radical (unpaired) electrons. The Morgan fingerprint density at radius 1 is 1.25 bits per heavy atom. The molecule has 5 heteroatoms. The number of piperidine rings is 1. The molecule has 2 unspecified atom stereocenters. The van der Waals surface area contributed by atoms with Crippen molar-refractivity contribution in [2.24, 2.45) is 0 Å². The van der Waals surface area contributed by atoms with E-state index in [0.29, 0.717) is 28.3 Å². The van der Waals surface area contributed by atoms with E-state index in [-0.39, 0.29) is 0 Å². The van der Waals surface area contributed by atoms with Crippen LogP contribution in [0.5, 0.6) is 0 Å². The zero-order valence-electron chi connectivity index (χ0n) is 11.5. The normalized spacial score (nSPS) is 29.0. The molecule has 0 saturated carbocycles. The van der Waals surface area contributed by atoms with Gasteiger partial charge in [0.05, 0.1) is 5.69 Å². The van der Waals surface area contributed by atoms with Crippen molar-refractivity contribution in [2.75, 3.05) is 11.4 Å². The van der Waals surface area contributed by atoms with E-state index in [9.17, 15) is 8.78 Å². The third-order valence-corrected chi connectivity index (χ3v) is 5.07. The van der Waals surface area contributed by atoms with Crippen molar-refractivity contribution < 1.29 is 8.78 Å². The van der Waals surface area contributed by atoms with Crippen LogP contribution in [-0.4, -0.2) is 24.7 Å².